The van der Waals surface area contributed by atoms with Gasteiger partial charge in [-0.2, -0.15) is 0 Å². The van der Waals surface area contributed by atoms with Gasteiger partial charge in [-0.15, -0.1) is 0 Å². The van der Waals surface area contributed by atoms with Crippen LogP contribution in [0.2, 0.25) is 0 Å². The number of aryl methyl sites for hydroxylation is 2. The molecule has 1 heterocycles. The van der Waals surface area contributed by atoms with E-state index in [9.17, 15) is 0 Å². The zero-order valence-corrected chi connectivity index (χ0v) is 16.0. The molecule has 1 atom stereocenters. The van der Waals surface area contributed by atoms with Crippen LogP contribution in [0.3, 0.4) is 0 Å². The van der Waals surface area contributed by atoms with E-state index < -0.39 is 0 Å². The van der Waals surface area contributed by atoms with Crippen molar-refractivity contribution in [1.29, 1.82) is 0 Å². The molecule has 3 heteroatoms. The second-order valence-electron chi connectivity index (χ2n) is 7.16. The molecule has 25 heavy (non-hydrogen) atoms. The van der Waals surface area contributed by atoms with Gasteiger partial charge in [0.1, 0.15) is 11.1 Å². The number of nitrogens with one attached hydrogen (secondary N) is 1. The van der Waals surface area contributed by atoms with Crippen molar-refractivity contribution in [3.8, 4) is 5.75 Å². The van der Waals surface area contributed by atoms with Crippen LogP contribution in [0, 0.1) is 6.92 Å². The minimum absolute atomic E-state index is 0.206. The van der Waals surface area contributed by atoms with Crippen LogP contribution >= 0.6 is 11.8 Å². The van der Waals surface area contributed by atoms with Gasteiger partial charge < -0.3 is 10.1 Å². The van der Waals surface area contributed by atoms with Crippen LogP contribution in [0.15, 0.2) is 42.6 Å². The Kier molecular flexibility index (Phi) is 4.51. The Hall–Kier alpha value is -1.87. The first-order valence-corrected chi connectivity index (χ1v) is 10.0. The number of hydrogen-bond donors (Lipinski definition) is 1. The van der Waals surface area contributed by atoms with E-state index in [2.05, 4.69) is 68.7 Å². The third-order valence-corrected chi connectivity index (χ3v) is 6.12. The third-order valence-electron chi connectivity index (χ3n) is 4.89. The van der Waals surface area contributed by atoms with Crippen molar-refractivity contribution in [2.45, 2.75) is 51.5 Å². The molecule has 0 saturated heterocycles. The van der Waals surface area contributed by atoms with Crippen LogP contribution in [0.25, 0.3) is 4.91 Å². The molecular weight excluding hydrogens is 326 g/mol. The Morgan fingerprint density at radius 1 is 1.16 bits per heavy atom. The minimum atomic E-state index is 0.206. The average Bonchev–Trinajstić information content (AvgIpc) is 3.24. The molecule has 1 N–H and O–H groups in total. The molecule has 2 aromatic rings. The quantitative estimate of drug-likeness (QED) is 0.774. The molecule has 2 nitrogen and oxygen atoms in total. The summed E-state index contributed by atoms with van der Waals surface area (Å²) in [6.07, 6.45) is 6.13. The third kappa shape index (κ3) is 3.30. The van der Waals surface area contributed by atoms with Gasteiger partial charge in [-0.1, -0.05) is 36.0 Å². The normalized spacial score (nSPS) is 18.9. The summed E-state index contributed by atoms with van der Waals surface area (Å²) in [5.41, 5.74) is 7.01. The summed E-state index contributed by atoms with van der Waals surface area (Å²) in [6.45, 7) is 6.26. The maximum Gasteiger partial charge on any atom is 0.122 e. The van der Waals surface area contributed by atoms with Gasteiger partial charge in [-0.05, 0) is 80.0 Å². The number of ether oxygens (including phenoxy) is 1. The Morgan fingerprint density at radius 3 is 2.84 bits per heavy atom. The lowest BCUT2D eigenvalue weighted by Crippen LogP contribution is -2.09. The van der Waals surface area contributed by atoms with E-state index in [1.54, 1.807) is 5.56 Å². The highest BCUT2D eigenvalue weighted by Gasteiger charge is 2.24. The molecule has 0 bridgehead atoms. The van der Waals surface area contributed by atoms with Crippen LogP contribution in [-0.2, 0) is 12.8 Å². The number of thioether (sulfide) groups is 1. The molecule has 4 rings (SSSR count). The van der Waals surface area contributed by atoms with Gasteiger partial charge in [-0.25, -0.2) is 0 Å². The molecule has 2 aromatic carbocycles. The van der Waals surface area contributed by atoms with Crippen LogP contribution in [-0.4, -0.2) is 6.10 Å². The number of hydrogen-bond acceptors (Lipinski definition) is 3. The van der Waals surface area contributed by atoms with Gasteiger partial charge in [0.05, 0.1) is 6.10 Å². The smallest absolute Gasteiger partial charge is 0.122 e. The second kappa shape index (κ2) is 6.80. The fourth-order valence-corrected chi connectivity index (χ4v) is 4.85. The molecule has 1 unspecified atom stereocenters. The molecule has 0 saturated carbocycles. The Labute approximate surface area is 154 Å². The zero-order chi connectivity index (χ0) is 17.4. The molecule has 1 aliphatic carbocycles. The van der Waals surface area contributed by atoms with Crippen molar-refractivity contribution >= 4 is 16.7 Å². The molecule has 0 amide bonds. The first-order chi connectivity index (χ1) is 12.1. The lowest BCUT2D eigenvalue weighted by Gasteiger charge is -2.16. The molecule has 0 spiro atoms. The number of fused-ring (bicyclic) bond motifs is 1. The number of rotatable bonds is 4. The van der Waals surface area contributed by atoms with Gasteiger partial charge >= 0.3 is 0 Å². The second-order valence-corrected chi connectivity index (χ2v) is 8.31. The van der Waals surface area contributed by atoms with Crippen molar-refractivity contribution in [2.75, 3.05) is 0 Å². The highest BCUT2D eigenvalue weighted by atomic mass is 32.2. The summed E-state index contributed by atoms with van der Waals surface area (Å²) >= 11 is 1.92. The molecular formula is C22H25NOS. The van der Waals surface area contributed by atoms with Crippen molar-refractivity contribution in [1.82, 2.24) is 5.32 Å². The largest absolute Gasteiger partial charge is 0.491 e. The van der Waals surface area contributed by atoms with E-state index in [4.69, 9.17) is 4.74 Å². The summed E-state index contributed by atoms with van der Waals surface area (Å²) < 4.78 is 5.86. The highest BCUT2D eigenvalue weighted by molar-refractivity contribution is 8.08. The monoisotopic (exact) mass is 351 g/mol. The minimum Gasteiger partial charge on any atom is -0.491 e. The average molecular weight is 352 g/mol. The summed E-state index contributed by atoms with van der Waals surface area (Å²) in [5, 5.41) is 3.84. The van der Waals surface area contributed by atoms with E-state index in [-0.39, 0.29) is 11.5 Å². The standard InChI is InChI=1S/C22H25NOS/c1-14(2)24-20-11-10-17(12-15(20)3)22-23-13-21(25-22)19-9-5-7-16-6-4-8-18(16)19/h5,7,9-14,22-23H,4,6,8H2,1-3H3. The van der Waals surface area contributed by atoms with Gasteiger partial charge in [0.25, 0.3) is 0 Å². The van der Waals surface area contributed by atoms with Gasteiger partial charge in [0.2, 0.25) is 0 Å². The van der Waals surface area contributed by atoms with Crippen molar-refractivity contribution in [3.05, 3.63) is 70.4 Å². The van der Waals surface area contributed by atoms with Crippen LogP contribution in [0.4, 0.5) is 0 Å². The molecule has 0 aromatic heterocycles. The Balaban J connectivity index is 1.53. The maximum atomic E-state index is 5.86. The predicted octanol–water partition coefficient (Wildman–Crippen LogP) is 5.60. The summed E-state index contributed by atoms with van der Waals surface area (Å²) in [5.74, 6) is 0.982. The van der Waals surface area contributed by atoms with Crippen LogP contribution in [0.5, 0.6) is 5.75 Å². The molecule has 2 aliphatic rings. The van der Waals surface area contributed by atoms with E-state index in [1.165, 1.54) is 46.4 Å². The van der Waals surface area contributed by atoms with Crippen molar-refractivity contribution < 1.29 is 4.74 Å². The maximum absolute atomic E-state index is 5.86. The molecule has 1 aliphatic heterocycles. The molecule has 0 fully saturated rings. The Bertz CT molecular complexity index is 825. The van der Waals surface area contributed by atoms with E-state index in [0.29, 0.717) is 0 Å². The van der Waals surface area contributed by atoms with Crippen molar-refractivity contribution in [2.24, 2.45) is 0 Å². The zero-order valence-electron chi connectivity index (χ0n) is 15.1. The summed E-state index contributed by atoms with van der Waals surface area (Å²) in [4.78, 5) is 1.36. The van der Waals surface area contributed by atoms with Crippen LogP contribution < -0.4 is 10.1 Å². The van der Waals surface area contributed by atoms with E-state index in [1.807, 2.05) is 11.8 Å². The topological polar surface area (TPSA) is 21.3 Å². The first kappa shape index (κ1) is 16.6. The highest BCUT2D eigenvalue weighted by Crippen LogP contribution is 2.45. The van der Waals surface area contributed by atoms with Gasteiger partial charge in [0.15, 0.2) is 0 Å². The van der Waals surface area contributed by atoms with Gasteiger partial charge in [-0.3, -0.25) is 0 Å². The molecule has 0 radical (unpaired) electrons. The predicted molar refractivity (Wildman–Crippen MR) is 107 cm³/mol. The van der Waals surface area contributed by atoms with Crippen molar-refractivity contribution in [3.63, 3.8) is 0 Å². The van der Waals surface area contributed by atoms with E-state index >= 15 is 0 Å². The fraction of sp³-hybridized carbons (Fsp3) is 0.364. The summed E-state index contributed by atoms with van der Waals surface area (Å²) in [7, 11) is 0. The number of benzene rings is 2. The van der Waals surface area contributed by atoms with E-state index in [0.717, 1.165) is 5.75 Å². The Morgan fingerprint density at radius 2 is 2.04 bits per heavy atom. The SMILES string of the molecule is Cc1cc(C2NC=C(c3cccc4c3CCC4)S2)ccc1OC(C)C. The lowest BCUT2D eigenvalue weighted by molar-refractivity contribution is 0.240. The van der Waals surface area contributed by atoms with Crippen LogP contribution in [0.1, 0.15) is 53.5 Å². The molecule has 130 valence electrons. The van der Waals surface area contributed by atoms with Gasteiger partial charge in [0, 0.05) is 11.1 Å². The fourth-order valence-electron chi connectivity index (χ4n) is 3.72. The first-order valence-electron chi connectivity index (χ1n) is 9.13. The summed E-state index contributed by atoms with van der Waals surface area (Å²) in [6, 6.07) is 13.3. The lowest BCUT2D eigenvalue weighted by atomic mass is 10.0.